The minimum atomic E-state index is -0.216. The zero-order valence-electron chi connectivity index (χ0n) is 10.5. The van der Waals surface area contributed by atoms with Crippen LogP contribution in [0.15, 0.2) is 60.4 Å². The quantitative estimate of drug-likeness (QED) is 0.517. The van der Waals surface area contributed by atoms with E-state index < -0.39 is 0 Å². The summed E-state index contributed by atoms with van der Waals surface area (Å²) in [5.74, 6) is 0.0805. The van der Waals surface area contributed by atoms with Gasteiger partial charge < -0.3 is 9.84 Å². The number of hydrogen-bond acceptors (Lipinski definition) is 3. The molecule has 0 saturated carbocycles. The molecule has 0 spiro atoms. The van der Waals surface area contributed by atoms with Crippen LogP contribution in [0, 0.1) is 0 Å². The number of aromatic hydroxyl groups is 1. The Bertz CT molecular complexity index is 600. The predicted molar refractivity (Wildman–Crippen MR) is 73.9 cm³/mol. The molecule has 0 amide bonds. The lowest BCUT2D eigenvalue weighted by Crippen LogP contribution is -2.04. The van der Waals surface area contributed by atoms with E-state index in [0.717, 1.165) is 0 Å². The van der Waals surface area contributed by atoms with Crippen molar-refractivity contribution in [2.24, 2.45) is 0 Å². The highest BCUT2D eigenvalue weighted by molar-refractivity contribution is 6.09. The highest BCUT2D eigenvalue weighted by Gasteiger charge is 2.13. The maximum absolute atomic E-state index is 12.2. The van der Waals surface area contributed by atoms with E-state index in [1.807, 2.05) is 6.07 Å². The monoisotopic (exact) mass is 254 g/mol. The van der Waals surface area contributed by atoms with Gasteiger partial charge in [-0.15, -0.1) is 0 Å². The molecule has 3 nitrogen and oxygen atoms in total. The van der Waals surface area contributed by atoms with Crippen LogP contribution in [-0.2, 0) is 4.74 Å². The highest BCUT2D eigenvalue weighted by atomic mass is 16.5. The second-order valence-electron chi connectivity index (χ2n) is 3.97. The number of carbonyl (C=O) groups excluding carboxylic acids is 1. The van der Waals surface area contributed by atoms with Crippen molar-refractivity contribution < 1.29 is 14.6 Å². The molecule has 0 unspecified atom stereocenters. The van der Waals surface area contributed by atoms with E-state index in [9.17, 15) is 9.90 Å². The van der Waals surface area contributed by atoms with Crippen LogP contribution in [0.5, 0.6) is 5.75 Å². The van der Waals surface area contributed by atoms with Gasteiger partial charge in [-0.1, -0.05) is 48.5 Å². The Morgan fingerprint density at radius 2 is 1.68 bits per heavy atom. The summed E-state index contributed by atoms with van der Waals surface area (Å²) in [6.07, 6.45) is 1.53. The number of ether oxygens (including phenoxy) is 1. The molecule has 1 N–H and O–H groups in total. The fourth-order valence-electron chi connectivity index (χ4n) is 1.70. The van der Waals surface area contributed by atoms with E-state index in [0.29, 0.717) is 11.1 Å². The fraction of sp³-hybridized carbons (Fsp3) is 0.0625. The zero-order chi connectivity index (χ0) is 13.7. The lowest BCUT2D eigenvalue weighted by Gasteiger charge is -2.06. The molecular formula is C16H14O3. The van der Waals surface area contributed by atoms with Gasteiger partial charge in [-0.25, -0.2) is 0 Å². The van der Waals surface area contributed by atoms with Gasteiger partial charge in [-0.2, -0.15) is 0 Å². The standard InChI is InChI=1S/C16H14O3/c1-19-15(11-13-9-5-6-10-14(13)17)16(18)12-7-3-2-4-8-12/h2-11,17H,1H3. The van der Waals surface area contributed by atoms with Crippen molar-refractivity contribution >= 4 is 11.9 Å². The van der Waals surface area contributed by atoms with Crippen molar-refractivity contribution in [2.45, 2.75) is 0 Å². The number of methoxy groups -OCH3 is 1. The molecule has 0 radical (unpaired) electrons. The highest BCUT2D eigenvalue weighted by Crippen LogP contribution is 2.20. The number of allylic oxidation sites excluding steroid dienone is 1. The zero-order valence-corrected chi connectivity index (χ0v) is 10.5. The third-order valence-corrected chi connectivity index (χ3v) is 2.70. The Morgan fingerprint density at radius 3 is 2.32 bits per heavy atom. The summed E-state index contributed by atoms with van der Waals surface area (Å²) in [5.41, 5.74) is 1.09. The predicted octanol–water partition coefficient (Wildman–Crippen LogP) is 3.26. The lowest BCUT2D eigenvalue weighted by atomic mass is 10.1. The third kappa shape index (κ3) is 3.01. The van der Waals surface area contributed by atoms with Gasteiger partial charge in [-0.3, -0.25) is 4.79 Å². The molecule has 2 aromatic rings. The molecule has 3 heteroatoms. The number of ketones is 1. The molecule has 0 aromatic heterocycles. The first kappa shape index (κ1) is 12.9. The van der Waals surface area contributed by atoms with Crippen LogP contribution in [0.2, 0.25) is 0 Å². The largest absolute Gasteiger partial charge is 0.507 e. The Kier molecular flexibility index (Phi) is 3.98. The molecule has 19 heavy (non-hydrogen) atoms. The summed E-state index contributed by atoms with van der Waals surface area (Å²) >= 11 is 0. The number of phenolic OH excluding ortho intramolecular Hbond substituents is 1. The van der Waals surface area contributed by atoms with Gasteiger partial charge in [0.05, 0.1) is 7.11 Å². The molecule has 0 aliphatic heterocycles. The van der Waals surface area contributed by atoms with E-state index >= 15 is 0 Å². The molecule has 0 atom stereocenters. The SMILES string of the molecule is COC(=Cc1ccccc1O)C(=O)c1ccccc1. The van der Waals surface area contributed by atoms with Crippen LogP contribution in [0.25, 0.3) is 6.08 Å². The van der Waals surface area contributed by atoms with Gasteiger partial charge in [0.1, 0.15) is 5.75 Å². The van der Waals surface area contributed by atoms with E-state index in [2.05, 4.69) is 0 Å². The van der Waals surface area contributed by atoms with Gasteiger partial charge in [0.2, 0.25) is 5.78 Å². The summed E-state index contributed by atoms with van der Waals surface area (Å²) in [5, 5.41) is 9.70. The Labute approximate surface area is 111 Å². The summed E-state index contributed by atoms with van der Waals surface area (Å²) in [6, 6.07) is 15.7. The molecule has 0 saturated heterocycles. The number of phenols is 1. The Hall–Kier alpha value is -2.55. The molecule has 2 rings (SSSR count). The molecule has 0 aliphatic rings. The van der Waals surface area contributed by atoms with E-state index in [4.69, 9.17) is 4.74 Å². The van der Waals surface area contributed by atoms with Crippen molar-refractivity contribution in [1.29, 1.82) is 0 Å². The average molecular weight is 254 g/mol. The minimum absolute atomic E-state index is 0.109. The van der Waals surface area contributed by atoms with Gasteiger partial charge in [-0.05, 0) is 12.1 Å². The maximum atomic E-state index is 12.2. The van der Waals surface area contributed by atoms with Crippen molar-refractivity contribution in [3.63, 3.8) is 0 Å². The molecule has 96 valence electrons. The van der Waals surface area contributed by atoms with Crippen molar-refractivity contribution in [3.05, 3.63) is 71.5 Å². The molecule has 2 aromatic carbocycles. The van der Waals surface area contributed by atoms with Crippen molar-refractivity contribution in [1.82, 2.24) is 0 Å². The van der Waals surface area contributed by atoms with Gasteiger partial charge in [0, 0.05) is 11.1 Å². The number of benzene rings is 2. The van der Waals surface area contributed by atoms with Crippen LogP contribution >= 0.6 is 0 Å². The van der Waals surface area contributed by atoms with Crippen LogP contribution in [0.3, 0.4) is 0 Å². The first-order valence-corrected chi connectivity index (χ1v) is 5.86. The lowest BCUT2D eigenvalue weighted by molar-refractivity contribution is 0.0957. The molecule has 0 bridgehead atoms. The molecule has 0 aliphatic carbocycles. The van der Waals surface area contributed by atoms with E-state index in [1.165, 1.54) is 13.2 Å². The number of rotatable bonds is 4. The summed E-state index contributed by atoms with van der Waals surface area (Å²) in [7, 11) is 1.44. The smallest absolute Gasteiger partial charge is 0.227 e. The van der Waals surface area contributed by atoms with Crippen LogP contribution in [0.1, 0.15) is 15.9 Å². The fourth-order valence-corrected chi connectivity index (χ4v) is 1.70. The second kappa shape index (κ2) is 5.87. The van der Waals surface area contributed by atoms with Gasteiger partial charge >= 0.3 is 0 Å². The summed E-state index contributed by atoms with van der Waals surface area (Å²) < 4.78 is 5.13. The number of carbonyl (C=O) groups is 1. The first-order valence-electron chi connectivity index (χ1n) is 5.86. The topological polar surface area (TPSA) is 46.5 Å². The van der Waals surface area contributed by atoms with Gasteiger partial charge in [0.25, 0.3) is 0 Å². The Balaban J connectivity index is 2.36. The van der Waals surface area contributed by atoms with Crippen LogP contribution in [0.4, 0.5) is 0 Å². The number of para-hydroxylation sites is 1. The van der Waals surface area contributed by atoms with Crippen LogP contribution < -0.4 is 0 Å². The van der Waals surface area contributed by atoms with Crippen molar-refractivity contribution in [3.8, 4) is 5.75 Å². The van der Waals surface area contributed by atoms with E-state index in [1.54, 1.807) is 48.5 Å². The number of hydrogen-bond donors (Lipinski definition) is 1. The summed E-state index contributed by atoms with van der Waals surface area (Å²) in [4.78, 5) is 12.2. The maximum Gasteiger partial charge on any atom is 0.227 e. The third-order valence-electron chi connectivity index (χ3n) is 2.70. The average Bonchev–Trinajstić information content (AvgIpc) is 2.47. The number of Topliss-reactive ketones (excluding diaryl/α,β-unsaturated/α-hetero) is 1. The molecule has 0 heterocycles. The van der Waals surface area contributed by atoms with Gasteiger partial charge in [0.15, 0.2) is 5.76 Å². The molecule has 0 fully saturated rings. The van der Waals surface area contributed by atoms with Crippen molar-refractivity contribution in [2.75, 3.05) is 7.11 Å². The first-order chi connectivity index (χ1) is 9.22. The Morgan fingerprint density at radius 1 is 1.05 bits per heavy atom. The molecular weight excluding hydrogens is 240 g/mol. The second-order valence-corrected chi connectivity index (χ2v) is 3.97. The minimum Gasteiger partial charge on any atom is -0.507 e. The van der Waals surface area contributed by atoms with E-state index in [-0.39, 0.29) is 17.3 Å². The summed E-state index contributed by atoms with van der Waals surface area (Å²) in [6.45, 7) is 0. The van der Waals surface area contributed by atoms with Crippen LogP contribution in [-0.4, -0.2) is 18.0 Å². The normalized spacial score (nSPS) is 11.1.